The summed E-state index contributed by atoms with van der Waals surface area (Å²) < 4.78 is 34.7. The molecule has 2 aromatic heterocycles. The number of hydrogen-bond donors (Lipinski definition) is 1. The summed E-state index contributed by atoms with van der Waals surface area (Å²) in [5, 5.41) is 2.70. The largest absolute Gasteiger partial charge is 1.00 e. The van der Waals surface area contributed by atoms with Crippen LogP contribution in [-0.4, -0.2) is 56.3 Å². The summed E-state index contributed by atoms with van der Waals surface area (Å²) in [6, 6.07) is 0. The number of imidazole rings is 1. The van der Waals surface area contributed by atoms with Crippen LogP contribution in [0.2, 0.25) is 0 Å². The van der Waals surface area contributed by atoms with Gasteiger partial charge in [-0.3, -0.25) is 18.7 Å². The Hall–Kier alpha value is -1.44. The third-order valence-electron chi connectivity index (χ3n) is 5.02. The third kappa shape index (κ3) is 5.63. The number of hydrogen-bond acceptors (Lipinski definition) is 11. The molecule has 0 aromatic carbocycles. The van der Waals surface area contributed by atoms with Gasteiger partial charge in [0.15, 0.2) is 29.3 Å². The Balaban J connectivity index is 0.00000306. The van der Waals surface area contributed by atoms with E-state index in [9.17, 15) is 19.0 Å². The number of phosphoric acid groups is 1. The fourth-order valence-electron chi connectivity index (χ4n) is 3.63. The second kappa shape index (κ2) is 10.9. The molecule has 0 radical (unpaired) electrons. The van der Waals surface area contributed by atoms with Gasteiger partial charge in [-0.05, 0) is 12.8 Å². The van der Waals surface area contributed by atoms with Crippen molar-refractivity contribution in [3.05, 3.63) is 12.7 Å². The van der Waals surface area contributed by atoms with Crippen molar-refractivity contribution in [1.29, 1.82) is 0 Å². The number of esters is 1. The number of phosphoric ester groups is 1. The number of carbonyl (C=O) groups is 2. The van der Waals surface area contributed by atoms with Crippen LogP contribution in [0.3, 0.4) is 0 Å². The molecule has 2 aromatic rings. The van der Waals surface area contributed by atoms with Gasteiger partial charge in [-0.15, -0.1) is 0 Å². The number of amides is 1. The van der Waals surface area contributed by atoms with Crippen LogP contribution < -0.4 is 39.8 Å². The monoisotopic (exact) mass is 491 g/mol. The number of rotatable bonds is 7. The molecule has 13 nitrogen and oxygen atoms in total. The summed E-state index contributed by atoms with van der Waals surface area (Å²) in [7, 11) is -4.55. The quantitative estimate of drug-likeness (QED) is 0.260. The zero-order valence-corrected chi connectivity index (χ0v) is 21.4. The maximum absolute atomic E-state index is 12.2. The average Bonchev–Trinajstić information content (AvgIpc) is 3.30. The number of nitrogens with one attached hydrogen (secondary N) is 1. The second-order valence-corrected chi connectivity index (χ2v) is 8.79. The molecule has 2 saturated heterocycles. The van der Waals surface area contributed by atoms with Gasteiger partial charge < -0.3 is 28.7 Å². The molecule has 15 heteroatoms. The molecule has 2 aliphatic heterocycles. The molecule has 2 unspecified atom stereocenters. The molecule has 0 spiro atoms. The van der Waals surface area contributed by atoms with Gasteiger partial charge in [0.2, 0.25) is 5.91 Å². The van der Waals surface area contributed by atoms with Crippen LogP contribution >= 0.6 is 7.82 Å². The summed E-state index contributed by atoms with van der Waals surface area (Å²) in [5.41, 5.74) is 0.610. The van der Waals surface area contributed by atoms with Gasteiger partial charge in [0.25, 0.3) is 7.82 Å². The van der Waals surface area contributed by atoms with Crippen LogP contribution in [0.25, 0.3) is 11.2 Å². The van der Waals surface area contributed by atoms with Crippen molar-refractivity contribution >= 4 is 36.7 Å². The molecule has 5 atom stereocenters. The molecule has 4 heterocycles. The van der Waals surface area contributed by atoms with Gasteiger partial charge in [0.1, 0.15) is 18.5 Å². The van der Waals surface area contributed by atoms with Crippen LogP contribution in [0.1, 0.15) is 45.8 Å². The molecule has 2 aliphatic rings. The maximum atomic E-state index is 12.2. The van der Waals surface area contributed by atoms with E-state index in [2.05, 4.69) is 20.3 Å². The molecule has 33 heavy (non-hydrogen) atoms. The Morgan fingerprint density at radius 3 is 2.76 bits per heavy atom. The SMILES string of the molecule is CCCC(=O)Nc1ncnc2c1ncn2C1O[C@@H]2COP(=O)([O-])O[C@H]2[C@H]1OC(=O)CCC.[Na+]. The van der Waals surface area contributed by atoms with Gasteiger partial charge in [-0.1, -0.05) is 13.8 Å². The first-order valence-electron chi connectivity index (χ1n) is 10.3. The Morgan fingerprint density at radius 2 is 2.03 bits per heavy atom. The maximum Gasteiger partial charge on any atom is 1.00 e. The molecule has 1 amide bonds. The molecular weight excluding hydrogens is 468 g/mol. The Kier molecular flexibility index (Phi) is 8.62. The molecule has 2 fully saturated rings. The Labute approximate surface area is 211 Å². The van der Waals surface area contributed by atoms with Crippen LogP contribution in [0.15, 0.2) is 12.7 Å². The Morgan fingerprint density at radius 1 is 1.27 bits per heavy atom. The number of carbonyl (C=O) groups excluding carboxylic acids is 2. The average molecular weight is 491 g/mol. The van der Waals surface area contributed by atoms with Gasteiger partial charge in [-0.2, -0.15) is 0 Å². The predicted octanol–water partition coefficient (Wildman–Crippen LogP) is -1.94. The molecule has 0 bridgehead atoms. The van der Waals surface area contributed by atoms with Crippen molar-refractivity contribution in [2.24, 2.45) is 0 Å². The fourth-order valence-corrected chi connectivity index (χ4v) is 4.57. The fraction of sp³-hybridized carbons (Fsp3) is 0.611. The van der Waals surface area contributed by atoms with Crippen LogP contribution in [0.4, 0.5) is 5.82 Å². The van der Waals surface area contributed by atoms with Crippen LogP contribution in [-0.2, 0) is 32.7 Å². The molecular formula is C18H23N5NaO8P. The number of ether oxygens (including phenoxy) is 2. The van der Waals surface area contributed by atoms with Crippen molar-refractivity contribution < 1.29 is 67.1 Å². The van der Waals surface area contributed by atoms with E-state index >= 15 is 0 Å². The molecule has 0 saturated carbocycles. The zero-order valence-electron chi connectivity index (χ0n) is 18.5. The van der Waals surface area contributed by atoms with E-state index in [0.29, 0.717) is 30.4 Å². The number of fused-ring (bicyclic) bond motifs is 2. The minimum Gasteiger partial charge on any atom is -0.756 e. The third-order valence-corrected chi connectivity index (χ3v) is 5.99. The van der Waals surface area contributed by atoms with Crippen LogP contribution in [0, 0.1) is 0 Å². The first-order chi connectivity index (χ1) is 15.3. The van der Waals surface area contributed by atoms with Crippen molar-refractivity contribution in [1.82, 2.24) is 19.5 Å². The summed E-state index contributed by atoms with van der Waals surface area (Å²) in [6.45, 7) is 3.43. The summed E-state index contributed by atoms with van der Waals surface area (Å²) in [6.07, 6.45) is 0.404. The van der Waals surface area contributed by atoms with E-state index in [0.717, 1.165) is 0 Å². The second-order valence-electron chi connectivity index (χ2n) is 7.43. The van der Waals surface area contributed by atoms with E-state index in [1.807, 2.05) is 13.8 Å². The minimum absolute atomic E-state index is 0. The molecule has 174 valence electrons. The number of anilines is 1. The topological polar surface area (TPSA) is 167 Å². The standard InChI is InChI=1S/C18H24N5O8P.Na/c1-3-5-11(24)22-16-13-17(20-8-19-16)23(9-21-13)18-15(30-12(25)6-4-2)14-10(29-18)7-28-32(26,27)31-14;/h8-10,14-15,18H,3-7H2,1-2H3,(H,26,27)(H,19,20,22,24);/q;+1/p-1/t10-,14-,15-,18?;/m1./s1. The van der Waals surface area contributed by atoms with Crippen molar-refractivity contribution in [2.45, 2.75) is 64.1 Å². The smallest absolute Gasteiger partial charge is 0.756 e. The van der Waals surface area contributed by atoms with E-state index in [1.54, 1.807) is 0 Å². The summed E-state index contributed by atoms with van der Waals surface area (Å²) in [4.78, 5) is 48.7. The van der Waals surface area contributed by atoms with E-state index in [1.165, 1.54) is 17.2 Å². The van der Waals surface area contributed by atoms with Crippen molar-refractivity contribution in [3.63, 3.8) is 0 Å². The van der Waals surface area contributed by atoms with Gasteiger partial charge in [0, 0.05) is 12.8 Å². The molecule has 4 rings (SSSR count). The predicted molar refractivity (Wildman–Crippen MR) is 106 cm³/mol. The number of aromatic nitrogens is 4. The van der Waals surface area contributed by atoms with Gasteiger partial charge >= 0.3 is 35.5 Å². The van der Waals surface area contributed by atoms with Crippen molar-refractivity contribution in [2.75, 3.05) is 11.9 Å². The minimum atomic E-state index is -4.55. The van der Waals surface area contributed by atoms with E-state index in [-0.39, 0.29) is 54.3 Å². The molecule has 1 N–H and O–H groups in total. The van der Waals surface area contributed by atoms with Crippen molar-refractivity contribution in [3.8, 4) is 0 Å². The molecule has 0 aliphatic carbocycles. The van der Waals surface area contributed by atoms with Crippen LogP contribution in [0.5, 0.6) is 0 Å². The van der Waals surface area contributed by atoms with E-state index < -0.39 is 38.3 Å². The summed E-state index contributed by atoms with van der Waals surface area (Å²) in [5.74, 6) is -0.506. The summed E-state index contributed by atoms with van der Waals surface area (Å²) >= 11 is 0. The normalized spacial score (nSPS) is 28.7. The first-order valence-corrected chi connectivity index (χ1v) is 11.7. The zero-order chi connectivity index (χ0) is 22.9. The first kappa shape index (κ1) is 26.2. The van der Waals surface area contributed by atoms with Gasteiger partial charge in [0.05, 0.1) is 12.9 Å². The Bertz CT molecular complexity index is 1070. The van der Waals surface area contributed by atoms with E-state index in [4.69, 9.17) is 18.5 Å². The van der Waals surface area contributed by atoms with Gasteiger partial charge in [-0.25, -0.2) is 15.0 Å². The number of nitrogens with zero attached hydrogens (tertiary/aromatic N) is 4.